The Hall–Kier alpha value is -3.92. The Labute approximate surface area is 186 Å². The fourth-order valence-electron chi connectivity index (χ4n) is 3.91. The fourth-order valence-corrected chi connectivity index (χ4v) is 3.91. The summed E-state index contributed by atoms with van der Waals surface area (Å²) in [6.07, 6.45) is 7.34. The van der Waals surface area contributed by atoms with E-state index in [1.165, 1.54) is 10.5 Å². The number of fused-ring (bicyclic) bond motifs is 1. The van der Waals surface area contributed by atoms with Crippen molar-refractivity contribution in [3.8, 4) is 6.07 Å². The molecule has 32 heavy (non-hydrogen) atoms. The van der Waals surface area contributed by atoms with Crippen molar-refractivity contribution in [2.75, 3.05) is 18.0 Å². The number of nitrogens with one attached hydrogen (secondary N) is 1. The molecular formula is C25H25N5O2. The van der Waals surface area contributed by atoms with Crippen molar-refractivity contribution in [3.05, 3.63) is 81.8 Å². The molecule has 1 fully saturated rings. The number of benzene rings is 1. The Morgan fingerprint density at radius 2 is 1.78 bits per heavy atom. The molecule has 1 aromatic carbocycles. The van der Waals surface area contributed by atoms with Crippen molar-refractivity contribution in [2.24, 2.45) is 0 Å². The molecular weight excluding hydrogens is 402 g/mol. The monoisotopic (exact) mass is 427 g/mol. The average Bonchev–Trinajstić information content (AvgIpc) is 3.12. The van der Waals surface area contributed by atoms with Crippen molar-refractivity contribution < 1.29 is 4.79 Å². The molecule has 0 unspecified atom stereocenters. The molecule has 1 saturated heterocycles. The number of aromatic nitrogens is 2. The van der Waals surface area contributed by atoms with Crippen LogP contribution in [0, 0.1) is 11.3 Å². The first-order valence-corrected chi connectivity index (χ1v) is 10.9. The molecule has 1 amide bonds. The molecule has 0 radical (unpaired) electrons. The second-order valence-electron chi connectivity index (χ2n) is 7.82. The van der Waals surface area contributed by atoms with E-state index in [0.29, 0.717) is 18.0 Å². The number of hydrogen-bond acceptors (Lipinski definition) is 5. The second kappa shape index (κ2) is 9.92. The highest BCUT2D eigenvalue weighted by atomic mass is 16.1. The summed E-state index contributed by atoms with van der Waals surface area (Å²) >= 11 is 0. The van der Waals surface area contributed by atoms with Crippen LogP contribution < -0.4 is 15.8 Å². The van der Waals surface area contributed by atoms with E-state index in [1.54, 1.807) is 18.3 Å². The van der Waals surface area contributed by atoms with Gasteiger partial charge in [0.15, 0.2) is 0 Å². The first kappa shape index (κ1) is 21.3. The zero-order chi connectivity index (χ0) is 22.3. The Bertz CT molecular complexity index is 1230. The van der Waals surface area contributed by atoms with Crippen molar-refractivity contribution in [2.45, 2.75) is 32.2 Å². The third kappa shape index (κ3) is 4.70. The van der Waals surface area contributed by atoms with Crippen LogP contribution >= 0.6 is 0 Å². The molecule has 7 nitrogen and oxygen atoms in total. The van der Waals surface area contributed by atoms with Crippen molar-refractivity contribution in [1.29, 1.82) is 5.26 Å². The smallest absolute Gasteiger partial charge is 0.267 e. The lowest BCUT2D eigenvalue weighted by atomic mass is 10.1. The minimum atomic E-state index is -0.518. The lowest BCUT2D eigenvalue weighted by Gasteiger charge is -2.23. The first-order chi connectivity index (χ1) is 15.7. The van der Waals surface area contributed by atoms with Crippen LogP contribution in [0.1, 0.15) is 36.8 Å². The van der Waals surface area contributed by atoms with Gasteiger partial charge >= 0.3 is 0 Å². The minimum Gasteiger partial charge on any atom is -0.356 e. The topological polar surface area (TPSA) is 90.5 Å². The van der Waals surface area contributed by atoms with Gasteiger partial charge in [-0.1, -0.05) is 49.2 Å². The molecule has 0 aliphatic carbocycles. The number of nitriles is 1. The van der Waals surface area contributed by atoms with Gasteiger partial charge in [-0.15, -0.1) is 0 Å². The molecule has 4 rings (SSSR count). The van der Waals surface area contributed by atoms with E-state index in [2.05, 4.69) is 10.2 Å². The van der Waals surface area contributed by atoms with Gasteiger partial charge in [-0.2, -0.15) is 5.26 Å². The number of anilines is 1. The zero-order valence-electron chi connectivity index (χ0n) is 17.8. The van der Waals surface area contributed by atoms with E-state index in [0.717, 1.165) is 44.3 Å². The van der Waals surface area contributed by atoms with Crippen molar-refractivity contribution in [1.82, 2.24) is 14.7 Å². The summed E-state index contributed by atoms with van der Waals surface area (Å²) in [4.78, 5) is 32.9. The number of pyridine rings is 1. The normalized spacial score (nSPS) is 14.6. The molecule has 1 aliphatic rings. The Balaban J connectivity index is 1.73. The molecule has 0 spiro atoms. The number of hydrogen-bond donors (Lipinski definition) is 1. The van der Waals surface area contributed by atoms with Crippen molar-refractivity contribution in [3.63, 3.8) is 0 Å². The molecule has 7 heteroatoms. The largest absolute Gasteiger partial charge is 0.356 e. The summed E-state index contributed by atoms with van der Waals surface area (Å²) < 4.78 is 1.45. The molecule has 0 bridgehead atoms. The minimum absolute atomic E-state index is 0.119. The number of rotatable bonds is 5. The van der Waals surface area contributed by atoms with E-state index in [4.69, 9.17) is 4.98 Å². The molecule has 3 heterocycles. The maximum Gasteiger partial charge on any atom is 0.267 e. The third-order valence-electron chi connectivity index (χ3n) is 5.60. The molecule has 1 aliphatic heterocycles. The van der Waals surface area contributed by atoms with Gasteiger partial charge in [-0.3, -0.25) is 14.0 Å². The highest BCUT2D eigenvalue weighted by Crippen LogP contribution is 2.22. The Morgan fingerprint density at radius 1 is 1.06 bits per heavy atom. The van der Waals surface area contributed by atoms with Gasteiger partial charge in [-0.05, 0) is 36.6 Å². The zero-order valence-corrected chi connectivity index (χ0v) is 17.8. The molecule has 3 aromatic rings. The summed E-state index contributed by atoms with van der Waals surface area (Å²) in [7, 11) is 0. The SMILES string of the molecule is N#CC(=Cc1c(N2CCCCCC2)nc2ccccn2c1=O)C(=O)NCc1ccccc1. The van der Waals surface area contributed by atoms with E-state index in [1.807, 2.05) is 42.5 Å². The van der Waals surface area contributed by atoms with Gasteiger partial charge in [0.1, 0.15) is 23.1 Å². The summed E-state index contributed by atoms with van der Waals surface area (Å²) in [5, 5.41) is 12.4. The number of nitrogens with zero attached hydrogens (tertiary/aromatic N) is 4. The van der Waals surface area contributed by atoms with Crippen LogP contribution in [0.25, 0.3) is 11.7 Å². The van der Waals surface area contributed by atoms with E-state index in [9.17, 15) is 14.9 Å². The Kier molecular flexibility index (Phi) is 6.61. The lowest BCUT2D eigenvalue weighted by molar-refractivity contribution is -0.117. The maximum atomic E-state index is 13.3. The van der Waals surface area contributed by atoms with Crippen LogP contribution in [0.15, 0.2) is 65.1 Å². The average molecular weight is 428 g/mol. The van der Waals surface area contributed by atoms with Gasteiger partial charge in [0.05, 0.1) is 5.56 Å². The third-order valence-corrected chi connectivity index (χ3v) is 5.60. The van der Waals surface area contributed by atoms with Crippen LogP contribution in [0.4, 0.5) is 5.82 Å². The van der Waals surface area contributed by atoms with Crippen LogP contribution in [0.2, 0.25) is 0 Å². The van der Waals surface area contributed by atoms with Gasteiger partial charge in [-0.25, -0.2) is 4.98 Å². The predicted molar refractivity (Wildman–Crippen MR) is 124 cm³/mol. The van der Waals surface area contributed by atoms with Crippen LogP contribution in [0.3, 0.4) is 0 Å². The van der Waals surface area contributed by atoms with Gasteiger partial charge < -0.3 is 10.2 Å². The van der Waals surface area contributed by atoms with E-state index < -0.39 is 5.91 Å². The standard InChI is InChI=1S/C25H25N5O2/c26-17-20(24(31)27-18-19-10-4-3-5-11-19)16-21-23(29-13-7-1-2-8-14-29)28-22-12-6-9-15-30(22)25(21)32/h3-6,9-12,15-16H,1-2,7-8,13-14,18H2,(H,27,31). The lowest BCUT2D eigenvalue weighted by Crippen LogP contribution is -2.30. The summed E-state index contributed by atoms with van der Waals surface area (Å²) in [5.74, 6) is 0.0161. The van der Waals surface area contributed by atoms with Crippen LogP contribution in [-0.4, -0.2) is 28.4 Å². The number of carbonyl (C=O) groups is 1. The molecule has 1 N–H and O–H groups in total. The molecule has 2 aromatic heterocycles. The maximum absolute atomic E-state index is 13.3. The fraction of sp³-hybridized carbons (Fsp3) is 0.280. The highest BCUT2D eigenvalue weighted by molar-refractivity contribution is 6.02. The van der Waals surface area contributed by atoms with E-state index in [-0.39, 0.29) is 16.7 Å². The van der Waals surface area contributed by atoms with Gasteiger partial charge in [0, 0.05) is 25.8 Å². The second-order valence-corrected chi connectivity index (χ2v) is 7.82. The Morgan fingerprint density at radius 3 is 2.50 bits per heavy atom. The summed E-state index contributed by atoms with van der Waals surface area (Å²) in [5.41, 5.74) is 1.32. The van der Waals surface area contributed by atoms with Gasteiger partial charge in [0.25, 0.3) is 11.5 Å². The highest BCUT2D eigenvalue weighted by Gasteiger charge is 2.20. The molecule has 162 valence electrons. The van der Waals surface area contributed by atoms with Crippen LogP contribution in [0.5, 0.6) is 0 Å². The predicted octanol–water partition coefficient (Wildman–Crippen LogP) is 3.30. The van der Waals surface area contributed by atoms with E-state index >= 15 is 0 Å². The number of amides is 1. The van der Waals surface area contributed by atoms with Gasteiger partial charge in [0.2, 0.25) is 0 Å². The quantitative estimate of drug-likeness (QED) is 0.498. The molecule has 0 saturated carbocycles. The van der Waals surface area contributed by atoms with Crippen molar-refractivity contribution >= 4 is 23.4 Å². The van der Waals surface area contributed by atoms with Crippen LogP contribution in [-0.2, 0) is 11.3 Å². The summed E-state index contributed by atoms with van der Waals surface area (Å²) in [6.45, 7) is 1.88. The first-order valence-electron chi connectivity index (χ1n) is 10.9. The summed E-state index contributed by atoms with van der Waals surface area (Å²) in [6, 6.07) is 16.8. The molecule has 0 atom stereocenters. The number of carbonyl (C=O) groups excluding carboxylic acids is 1.